The minimum atomic E-state index is -3.69. The average Bonchev–Trinajstić information content (AvgIpc) is 3.00. The summed E-state index contributed by atoms with van der Waals surface area (Å²) in [5.74, 6) is 0.174. The zero-order valence-electron chi connectivity index (χ0n) is 19.4. The molecule has 0 atom stereocenters. The lowest BCUT2D eigenvalue weighted by Gasteiger charge is -2.31. The van der Waals surface area contributed by atoms with E-state index in [1.807, 2.05) is 14.0 Å². The highest BCUT2D eigenvalue weighted by Gasteiger charge is 2.32. The van der Waals surface area contributed by atoms with Crippen LogP contribution >= 0.6 is 0 Å². The number of carbonyl (C=O) groups excluding carboxylic acids is 2. The molecule has 0 unspecified atom stereocenters. The highest BCUT2D eigenvalue weighted by Crippen LogP contribution is 2.39. The van der Waals surface area contributed by atoms with E-state index in [4.69, 9.17) is 4.74 Å². The summed E-state index contributed by atoms with van der Waals surface area (Å²) in [7, 11) is -0.250. The Bertz CT molecular complexity index is 1140. The molecule has 2 aliphatic carbocycles. The Hall–Kier alpha value is -2.49. The molecule has 3 aliphatic rings. The number of nitrogens with one attached hydrogen (secondary N) is 1. The first kappa shape index (κ1) is 23.7. The van der Waals surface area contributed by atoms with E-state index < -0.39 is 10.0 Å². The molecule has 1 N–H and O–H groups in total. The maximum atomic E-state index is 13.3. The maximum Gasteiger partial charge on any atom is 0.252 e. The Morgan fingerprint density at radius 1 is 1.09 bits per heavy atom. The lowest BCUT2D eigenvalue weighted by atomic mass is 9.99. The Balaban J connectivity index is 1.62. The summed E-state index contributed by atoms with van der Waals surface area (Å²) in [6.45, 7) is 4.09. The van der Waals surface area contributed by atoms with Crippen LogP contribution in [0, 0.1) is 0 Å². The van der Waals surface area contributed by atoms with Crippen molar-refractivity contribution < 1.29 is 22.7 Å². The van der Waals surface area contributed by atoms with E-state index in [1.54, 1.807) is 6.07 Å². The predicted molar refractivity (Wildman–Crippen MR) is 126 cm³/mol. The number of ether oxygens (including phenoxy) is 1. The fourth-order valence-electron chi connectivity index (χ4n) is 4.80. The number of rotatable bonds is 5. The van der Waals surface area contributed by atoms with Gasteiger partial charge in [-0.3, -0.25) is 9.59 Å². The van der Waals surface area contributed by atoms with E-state index in [0.717, 1.165) is 29.6 Å². The van der Waals surface area contributed by atoms with Crippen LogP contribution in [0.3, 0.4) is 0 Å². The van der Waals surface area contributed by atoms with Crippen molar-refractivity contribution in [1.29, 1.82) is 0 Å². The van der Waals surface area contributed by atoms with Crippen molar-refractivity contribution >= 4 is 27.4 Å². The standard InChI is InChI=1S/C24H31N3O5S/c1-16-14-19(18-6-4-5-7-21(28)23(16)18)24(29)25-20-15-17(8-9-22(20)32-3)33(30,31)27-12-10-26(2)11-13-27/h8-9,15H,4-7,10-14H2,1-3H3,(H,25,29). The quantitative estimate of drug-likeness (QED) is 0.707. The van der Waals surface area contributed by atoms with Gasteiger partial charge in [0.15, 0.2) is 5.78 Å². The molecule has 1 aliphatic heterocycles. The Morgan fingerprint density at radius 2 is 1.79 bits per heavy atom. The minimum absolute atomic E-state index is 0.112. The van der Waals surface area contributed by atoms with E-state index >= 15 is 0 Å². The lowest BCUT2D eigenvalue weighted by molar-refractivity contribution is -0.115. The third kappa shape index (κ3) is 4.62. The van der Waals surface area contributed by atoms with Gasteiger partial charge in [-0.15, -0.1) is 0 Å². The molecule has 0 radical (unpaired) electrons. The predicted octanol–water partition coefficient (Wildman–Crippen LogP) is 2.73. The highest BCUT2D eigenvalue weighted by molar-refractivity contribution is 7.89. The van der Waals surface area contributed by atoms with Crippen LogP contribution in [-0.2, 0) is 19.6 Å². The van der Waals surface area contributed by atoms with Gasteiger partial charge in [-0.25, -0.2) is 8.42 Å². The summed E-state index contributed by atoms with van der Waals surface area (Å²) in [5.41, 5.74) is 3.38. The number of carbonyl (C=O) groups is 2. The van der Waals surface area contributed by atoms with Crippen molar-refractivity contribution in [2.45, 2.75) is 43.9 Å². The SMILES string of the molecule is COc1ccc(S(=O)(=O)N2CCN(C)CC2)cc1NC(=O)C1=C2CCCCC(=O)C2=C(C)C1. The van der Waals surface area contributed by atoms with Crippen molar-refractivity contribution in [1.82, 2.24) is 9.21 Å². The van der Waals surface area contributed by atoms with E-state index in [9.17, 15) is 18.0 Å². The minimum Gasteiger partial charge on any atom is -0.495 e. The largest absolute Gasteiger partial charge is 0.495 e. The van der Waals surface area contributed by atoms with Gasteiger partial charge in [0.25, 0.3) is 5.91 Å². The second-order valence-electron chi connectivity index (χ2n) is 8.94. The topological polar surface area (TPSA) is 96.0 Å². The van der Waals surface area contributed by atoms with Crippen LogP contribution in [0.5, 0.6) is 5.75 Å². The van der Waals surface area contributed by atoms with Gasteiger partial charge in [0.2, 0.25) is 10.0 Å². The van der Waals surface area contributed by atoms with Gasteiger partial charge < -0.3 is 15.0 Å². The van der Waals surface area contributed by atoms with Gasteiger partial charge in [0, 0.05) is 43.7 Å². The Kier molecular flexibility index (Phi) is 6.74. The molecule has 33 heavy (non-hydrogen) atoms. The van der Waals surface area contributed by atoms with Gasteiger partial charge in [-0.2, -0.15) is 4.31 Å². The van der Waals surface area contributed by atoms with Gasteiger partial charge in [0.1, 0.15) is 5.75 Å². The zero-order chi connectivity index (χ0) is 23.8. The second kappa shape index (κ2) is 9.40. The normalized spacial score (nSPS) is 20.6. The number of nitrogens with zero attached hydrogens (tertiary/aromatic N) is 2. The summed E-state index contributed by atoms with van der Waals surface area (Å²) in [6, 6.07) is 4.53. The van der Waals surface area contributed by atoms with Gasteiger partial charge in [0.05, 0.1) is 17.7 Å². The van der Waals surface area contributed by atoms with Crippen LogP contribution in [0.1, 0.15) is 39.0 Å². The number of Topliss-reactive ketones (excluding diaryl/α,β-unsaturated/α-hetero) is 1. The number of fused-ring (bicyclic) bond motifs is 1. The number of ketones is 1. The Morgan fingerprint density at radius 3 is 2.48 bits per heavy atom. The summed E-state index contributed by atoms with van der Waals surface area (Å²) < 4.78 is 33.2. The highest BCUT2D eigenvalue weighted by atomic mass is 32.2. The monoisotopic (exact) mass is 473 g/mol. The van der Waals surface area contributed by atoms with Crippen LogP contribution in [0.25, 0.3) is 0 Å². The molecule has 1 heterocycles. The number of sulfonamides is 1. The molecular formula is C24H31N3O5S. The summed E-state index contributed by atoms with van der Waals surface area (Å²) in [6.07, 6.45) is 3.36. The number of likely N-dealkylation sites (N-methyl/N-ethyl adjacent to an activating group) is 1. The number of allylic oxidation sites excluding steroid dienone is 3. The first-order valence-electron chi connectivity index (χ1n) is 11.4. The maximum absolute atomic E-state index is 13.3. The molecule has 0 spiro atoms. The number of piperazine rings is 1. The molecule has 2 fully saturated rings. The van der Waals surface area contributed by atoms with E-state index in [1.165, 1.54) is 23.5 Å². The number of benzene rings is 1. The molecular weight excluding hydrogens is 442 g/mol. The first-order chi connectivity index (χ1) is 15.7. The van der Waals surface area contributed by atoms with Crippen molar-refractivity contribution in [3.8, 4) is 5.75 Å². The molecule has 0 aromatic heterocycles. The Labute approximate surface area is 195 Å². The van der Waals surface area contributed by atoms with Crippen molar-refractivity contribution in [3.63, 3.8) is 0 Å². The van der Waals surface area contributed by atoms with Crippen molar-refractivity contribution in [2.24, 2.45) is 0 Å². The molecule has 1 saturated heterocycles. The molecule has 178 valence electrons. The van der Waals surface area contributed by atoms with Gasteiger partial charge in [-0.05, 0) is 63.4 Å². The number of hydrogen-bond acceptors (Lipinski definition) is 6. The van der Waals surface area contributed by atoms with Crippen LogP contribution < -0.4 is 10.1 Å². The average molecular weight is 474 g/mol. The molecule has 1 saturated carbocycles. The number of anilines is 1. The number of methoxy groups -OCH3 is 1. The molecule has 1 aromatic carbocycles. The molecule has 8 nitrogen and oxygen atoms in total. The van der Waals surface area contributed by atoms with E-state index in [0.29, 0.717) is 62.5 Å². The van der Waals surface area contributed by atoms with Crippen LogP contribution in [0.4, 0.5) is 5.69 Å². The smallest absolute Gasteiger partial charge is 0.252 e. The molecule has 9 heteroatoms. The molecule has 4 rings (SSSR count). The van der Waals surface area contributed by atoms with Crippen molar-refractivity contribution in [3.05, 3.63) is 40.5 Å². The lowest BCUT2D eigenvalue weighted by Crippen LogP contribution is -2.47. The molecule has 0 bridgehead atoms. The van der Waals surface area contributed by atoms with Crippen LogP contribution in [-0.4, -0.2) is 69.6 Å². The fraction of sp³-hybridized carbons (Fsp3) is 0.500. The van der Waals surface area contributed by atoms with Gasteiger partial charge >= 0.3 is 0 Å². The number of hydrogen-bond donors (Lipinski definition) is 1. The molecule has 1 amide bonds. The van der Waals surface area contributed by atoms with Crippen LogP contribution in [0.15, 0.2) is 45.4 Å². The number of amides is 1. The summed E-state index contributed by atoms with van der Waals surface area (Å²) in [4.78, 5) is 28.0. The first-order valence-corrected chi connectivity index (χ1v) is 12.8. The second-order valence-corrected chi connectivity index (χ2v) is 10.9. The molecule has 1 aromatic rings. The van der Waals surface area contributed by atoms with Crippen LogP contribution in [0.2, 0.25) is 0 Å². The third-order valence-electron chi connectivity index (χ3n) is 6.69. The summed E-state index contributed by atoms with van der Waals surface area (Å²) >= 11 is 0. The zero-order valence-corrected chi connectivity index (χ0v) is 20.3. The van der Waals surface area contributed by atoms with Gasteiger partial charge in [-0.1, -0.05) is 5.57 Å². The van der Waals surface area contributed by atoms with Crippen molar-refractivity contribution in [2.75, 3.05) is 45.7 Å². The summed E-state index contributed by atoms with van der Waals surface area (Å²) in [5, 5.41) is 2.86. The fourth-order valence-corrected chi connectivity index (χ4v) is 6.25. The van der Waals surface area contributed by atoms with E-state index in [2.05, 4.69) is 10.2 Å². The van der Waals surface area contributed by atoms with E-state index in [-0.39, 0.29) is 16.6 Å². The third-order valence-corrected chi connectivity index (χ3v) is 8.58.